The average molecular weight is 612 g/mol. The SMILES string of the molecule is Cl.NC(=O)c1ccccc1Oc1ccc(/C=C2\SC(=S)N(c3ccc(OCCCN4CCOCC4)cc3)C2=O)cc1. The molecule has 214 valence electrons. The van der Waals surface area contributed by atoms with Crippen LogP contribution < -0.4 is 20.1 Å². The number of ether oxygens (including phenoxy) is 3. The van der Waals surface area contributed by atoms with Crippen LogP contribution in [-0.2, 0) is 9.53 Å². The first-order chi connectivity index (χ1) is 19.5. The van der Waals surface area contributed by atoms with Gasteiger partial charge in [-0.05, 0) is 66.6 Å². The number of nitrogens with two attached hydrogens (primary N) is 1. The number of anilines is 1. The van der Waals surface area contributed by atoms with Crippen LogP contribution >= 0.6 is 36.4 Å². The van der Waals surface area contributed by atoms with Crippen molar-refractivity contribution in [1.29, 1.82) is 0 Å². The van der Waals surface area contributed by atoms with Crippen molar-refractivity contribution in [3.63, 3.8) is 0 Å². The molecule has 0 atom stereocenters. The van der Waals surface area contributed by atoms with Gasteiger partial charge in [0.05, 0.1) is 36.0 Å². The van der Waals surface area contributed by atoms with Gasteiger partial charge in [-0.25, -0.2) is 0 Å². The molecule has 0 bridgehead atoms. The summed E-state index contributed by atoms with van der Waals surface area (Å²) in [5.74, 6) is 0.947. The van der Waals surface area contributed by atoms with Crippen LogP contribution in [0.25, 0.3) is 6.08 Å². The quantitative estimate of drug-likeness (QED) is 0.182. The van der Waals surface area contributed by atoms with Crippen LogP contribution in [0, 0.1) is 0 Å². The molecule has 0 unspecified atom stereocenters. The minimum Gasteiger partial charge on any atom is -0.494 e. The smallest absolute Gasteiger partial charge is 0.270 e. The van der Waals surface area contributed by atoms with Gasteiger partial charge in [0.1, 0.15) is 17.2 Å². The summed E-state index contributed by atoms with van der Waals surface area (Å²) in [7, 11) is 0. The zero-order valence-electron chi connectivity index (χ0n) is 22.2. The Labute approximate surface area is 254 Å². The molecule has 3 aromatic carbocycles. The molecule has 41 heavy (non-hydrogen) atoms. The molecule has 2 aliphatic heterocycles. The molecule has 2 heterocycles. The Morgan fingerprint density at radius 1 is 1.00 bits per heavy atom. The molecule has 11 heteroatoms. The van der Waals surface area contributed by atoms with Crippen LogP contribution in [0.1, 0.15) is 22.3 Å². The lowest BCUT2D eigenvalue weighted by Gasteiger charge is -2.26. The number of halogens is 1. The fraction of sp³-hybridized carbons (Fsp3) is 0.233. The Balaban J connectivity index is 0.00000387. The molecule has 2 amide bonds. The second-order valence-electron chi connectivity index (χ2n) is 9.20. The van der Waals surface area contributed by atoms with Crippen molar-refractivity contribution in [3.05, 3.63) is 88.8 Å². The number of carbonyl (C=O) groups excluding carboxylic acids is 2. The van der Waals surface area contributed by atoms with Crippen LogP contribution in [0.4, 0.5) is 5.69 Å². The number of para-hydroxylation sites is 1. The molecule has 2 saturated heterocycles. The van der Waals surface area contributed by atoms with Gasteiger partial charge in [0.25, 0.3) is 11.8 Å². The molecule has 0 radical (unpaired) electrons. The lowest BCUT2D eigenvalue weighted by atomic mass is 10.2. The number of morpholine rings is 1. The predicted octanol–water partition coefficient (Wildman–Crippen LogP) is 5.51. The van der Waals surface area contributed by atoms with Crippen LogP contribution in [0.2, 0.25) is 0 Å². The van der Waals surface area contributed by atoms with E-state index in [-0.39, 0.29) is 18.3 Å². The lowest BCUT2D eigenvalue weighted by molar-refractivity contribution is -0.113. The van der Waals surface area contributed by atoms with E-state index in [4.69, 9.17) is 32.2 Å². The topological polar surface area (TPSA) is 94.3 Å². The molecule has 8 nitrogen and oxygen atoms in total. The molecular weight excluding hydrogens is 582 g/mol. The van der Waals surface area contributed by atoms with Crippen LogP contribution in [0.5, 0.6) is 17.2 Å². The Kier molecular flexibility index (Phi) is 10.8. The van der Waals surface area contributed by atoms with Crippen molar-refractivity contribution >= 4 is 64.3 Å². The average Bonchev–Trinajstić information content (AvgIpc) is 3.25. The summed E-state index contributed by atoms with van der Waals surface area (Å²) in [5, 5.41) is 0. The fourth-order valence-corrected chi connectivity index (χ4v) is 5.65. The van der Waals surface area contributed by atoms with Crippen molar-refractivity contribution < 1.29 is 23.8 Å². The van der Waals surface area contributed by atoms with Crippen molar-refractivity contribution in [2.24, 2.45) is 5.73 Å². The second kappa shape index (κ2) is 14.5. The van der Waals surface area contributed by atoms with Gasteiger partial charge in [0.2, 0.25) is 0 Å². The number of amides is 2. The van der Waals surface area contributed by atoms with E-state index in [0.717, 1.165) is 50.6 Å². The minimum absolute atomic E-state index is 0. The largest absolute Gasteiger partial charge is 0.494 e. The number of hydrogen-bond acceptors (Lipinski definition) is 8. The number of nitrogens with zero attached hydrogens (tertiary/aromatic N) is 2. The van der Waals surface area contributed by atoms with Gasteiger partial charge < -0.3 is 19.9 Å². The summed E-state index contributed by atoms with van der Waals surface area (Å²) in [5.41, 5.74) is 7.25. The maximum absolute atomic E-state index is 13.2. The molecule has 5 rings (SSSR count). The molecule has 2 N–H and O–H groups in total. The highest BCUT2D eigenvalue weighted by Gasteiger charge is 2.33. The predicted molar refractivity (Wildman–Crippen MR) is 168 cm³/mol. The second-order valence-corrected chi connectivity index (χ2v) is 10.9. The summed E-state index contributed by atoms with van der Waals surface area (Å²) in [6, 6.07) is 21.4. The maximum atomic E-state index is 13.2. The van der Waals surface area contributed by atoms with E-state index in [9.17, 15) is 9.59 Å². The first kappa shape index (κ1) is 30.5. The van der Waals surface area contributed by atoms with E-state index in [1.54, 1.807) is 42.5 Å². The number of benzene rings is 3. The van der Waals surface area contributed by atoms with Gasteiger partial charge in [0.15, 0.2) is 4.32 Å². The molecule has 0 saturated carbocycles. The zero-order chi connectivity index (χ0) is 27.9. The van der Waals surface area contributed by atoms with Gasteiger partial charge in [0, 0.05) is 19.6 Å². The Hall–Kier alpha value is -3.41. The van der Waals surface area contributed by atoms with E-state index in [2.05, 4.69) is 4.90 Å². The summed E-state index contributed by atoms with van der Waals surface area (Å²) >= 11 is 6.78. The summed E-state index contributed by atoms with van der Waals surface area (Å²) in [6.45, 7) is 5.15. The molecule has 0 spiro atoms. The lowest BCUT2D eigenvalue weighted by Crippen LogP contribution is -2.37. The van der Waals surface area contributed by atoms with E-state index in [1.807, 2.05) is 36.4 Å². The number of rotatable bonds is 10. The number of thioether (sulfide) groups is 1. The van der Waals surface area contributed by atoms with Gasteiger partial charge in [-0.3, -0.25) is 19.4 Å². The number of carbonyl (C=O) groups is 2. The van der Waals surface area contributed by atoms with E-state index >= 15 is 0 Å². The Morgan fingerprint density at radius 3 is 2.39 bits per heavy atom. The normalized spacial score (nSPS) is 16.5. The highest BCUT2D eigenvalue weighted by atomic mass is 35.5. The van der Waals surface area contributed by atoms with Gasteiger partial charge >= 0.3 is 0 Å². The van der Waals surface area contributed by atoms with E-state index in [0.29, 0.717) is 38.6 Å². The molecule has 3 aromatic rings. The van der Waals surface area contributed by atoms with Crippen molar-refractivity contribution in [2.75, 3.05) is 44.4 Å². The van der Waals surface area contributed by atoms with Gasteiger partial charge in [-0.15, -0.1) is 12.4 Å². The zero-order valence-corrected chi connectivity index (χ0v) is 24.6. The highest BCUT2D eigenvalue weighted by Crippen LogP contribution is 2.37. The first-order valence-electron chi connectivity index (χ1n) is 13.0. The number of primary amides is 1. The number of hydrogen-bond donors (Lipinski definition) is 1. The molecular formula is C30H30ClN3O5S2. The molecule has 2 aliphatic rings. The third-order valence-electron chi connectivity index (χ3n) is 6.44. The van der Waals surface area contributed by atoms with Crippen LogP contribution in [0.3, 0.4) is 0 Å². The molecule has 2 fully saturated rings. The summed E-state index contributed by atoms with van der Waals surface area (Å²) in [4.78, 5) is 29.3. The van der Waals surface area contributed by atoms with E-state index in [1.165, 1.54) is 16.7 Å². The van der Waals surface area contributed by atoms with Gasteiger partial charge in [-0.1, -0.05) is 48.2 Å². The Morgan fingerprint density at radius 2 is 1.68 bits per heavy atom. The maximum Gasteiger partial charge on any atom is 0.270 e. The minimum atomic E-state index is -0.559. The van der Waals surface area contributed by atoms with E-state index < -0.39 is 5.91 Å². The van der Waals surface area contributed by atoms with Crippen molar-refractivity contribution in [2.45, 2.75) is 6.42 Å². The monoisotopic (exact) mass is 611 g/mol. The molecule has 0 aromatic heterocycles. The summed E-state index contributed by atoms with van der Waals surface area (Å²) < 4.78 is 17.6. The first-order valence-corrected chi connectivity index (χ1v) is 14.2. The standard InChI is InChI=1S/C30H29N3O5S2.ClH/c31-28(34)25-4-1-2-5-26(25)38-24-10-6-21(7-11-24)20-27-29(35)33(30(39)40-27)22-8-12-23(13-9-22)37-17-3-14-32-15-18-36-19-16-32;/h1-2,4-13,20H,3,14-19H2,(H2,31,34);1H/b27-20-;. The fourth-order valence-electron chi connectivity index (χ4n) is 4.35. The highest BCUT2D eigenvalue weighted by molar-refractivity contribution is 8.27. The van der Waals surface area contributed by atoms with Crippen LogP contribution in [0.15, 0.2) is 77.7 Å². The number of thiocarbonyl (C=S) groups is 1. The van der Waals surface area contributed by atoms with Crippen molar-refractivity contribution in [3.8, 4) is 17.2 Å². The third kappa shape index (κ3) is 7.87. The van der Waals surface area contributed by atoms with Crippen LogP contribution in [-0.4, -0.2) is 60.5 Å². The summed E-state index contributed by atoms with van der Waals surface area (Å²) in [6.07, 6.45) is 2.74. The van der Waals surface area contributed by atoms with Gasteiger partial charge in [-0.2, -0.15) is 0 Å². The third-order valence-corrected chi connectivity index (χ3v) is 7.74. The Bertz CT molecular complexity index is 1410. The molecule has 0 aliphatic carbocycles. The van der Waals surface area contributed by atoms with Crippen molar-refractivity contribution in [1.82, 2.24) is 4.90 Å².